The minimum atomic E-state index is -2.80. The van der Waals surface area contributed by atoms with Crippen LogP contribution >= 0.6 is 11.3 Å². The number of nitrogens with one attached hydrogen (secondary N) is 2. The number of pyridine rings is 1. The van der Waals surface area contributed by atoms with Crippen LogP contribution in [0.3, 0.4) is 0 Å². The van der Waals surface area contributed by atoms with E-state index < -0.39 is 23.8 Å². The molecule has 2 fully saturated rings. The van der Waals surface area contributed by atoms with E-state index in [1.807, 2.05) is 6.92 Å². The number of hydrogen-bond donors (Lipinski definition) is 3. The van der Waals surface area contributed by atoms with Gasteiger partial charge in [0.15, 0.2) is 5.01 Å². The van der Waals surface area contributed by atoms with Gasteiger partial charge in [-0.1, -0.05) is 0 Å². The molecule has 1 atom stereocenters. The molecule has 0 bridgehead atoms. The van der Waals surface area contributed by atoms with Crippen molar-refractivity contribution in [3.05, 3.63) is 28.5 Å². The molecule has 2 amide bonds. The largest absolute Gasteiger partial charge is 0.389 e. The summed E-state index contributed by atoms with van der Waals surface area (Å²) in [6.07, 6.45) is 2.14. The van der Waals surface area contributed by atoms with E-state index in [-0.39, 0.29) is 45.3 Å². The molecule has 2 aliphatic rings. The number of rotatable bonds is 8. The summed E-state index contributed by atoms with van der Waals surface area (Å²) in [5.74, 6) is -0.617. The third-order valence-corrected chi connectivity index (χ3v) is 6.95. The van der Waals surface area contributed by atoms with Crippen molar-refractivity contribution in [2.24, 2.45) is 0 Å². The van der Waals surface area contributed by atoms with E-state index in [0.717, 1.165) is 37.0 Å². The third-order valence-electron chi connectivity index (χ3n) is 5.86. The van der Waals surface area contributed by atoms with Gasteiger partial charge in [-0.15, -0.1) is 11.3 Å². The normalized spacial score (nSPS) is 18.4. The Labute approximate surface area is 200 Å². The van der Waals surface area contributed by atoms with Crippen LogP contribution in [0.25, 0.3) is 10.4 Å². The number of alkyl halides is 2. The van der Waals surface area contributed by atoms with Gasteiger partial charge in [-0.3, -0.25) is 9.59 Å². The maximum Gasteiger partial charge on any atom is 0.280 e. The van der Waals surface area contributed by atoms with Crippen molar-refractivity contribution >= 4 is 29.0 Å². The minimum absolute atomic E-state index is 0.00711. The minimum Gasteiger partial charge on any atom is -0.389 e. The summed E-state index contributed by atoms with van der Waals surface area (Å²) >= 11 is 0.877. The summed E-state index contributed by atoms with van der Waals surface area (Å²) < 4.78 is 28.2. The van der Waals surface area contributed by atoms with Crippen LogP contribution in [0.15, 0.2) is 12.3 Å². The van der Waals surface area contributed by atoms with Crippen LogP contribution in [0, 0.1) is 0 Å². The van der Waals surface area contributed by atoms with Crippen molar-refractivity contribution in [1.82, 2.24) is 20.2 Å². The molecule has 0 radical (unpaired) electrons. The fourth-order valence-electron chi connectivity index (χ4n) is 3.84. The summed E-state index contributed by atoms with van der Waals surface area (Å²) in [6.45, 7) is 5.53. The second-order valence-electron chi connectivity index (χ2n) is 9.56. The number of thiazole rings is 1. The number of carbonyl (C=O) groups is 2. The third kappa shape index (κ3) is 5.52. The van der Waals surface area contributed by atoms with Gasteiger partial charge in [0, 0.05) is 42.5 Å². The molecule has 34 heavy (non-hydrogen) atoms. The van der Waals surface area contributed by atoms with Crippen molar-refractivity contribution in [2.45, 2.75) is 70.6 Å². The quantitative estimate of drug-likeness (QED) is 0.516. The van der Waals surface area contributed by atoms with E-state index in [9.17, 15) is 23.5 Å². The average molecular weight is 494 g/mol. The molecule has 1 saturated heterocycles. The van der Waals surface area contributed by atoms with E-state index in [4.69, 9.17) is 0 Å². The maximum atomic E-state index is 14.1. The van der Waals surface area contributed by atoms with Crippen molar-refractivity contribution in [2.75, 3.05) is 18.4 Å². The smallest absolute Gasteiger partial charge is 0.280 e. The Kier molecular flexibility index (Phi) is 6.86. The lowest BCUT2D eigenvalue weighted by Gasteiger charge is -2.21. The molecule has 2 aromatic heterocycles. The molecule has 8 nitrogen and oxygen atoms in total. The molecular weight excluding hydrogens is 464 g/mol. The van der Waals surface area contributed by atoms with E-state index in [1.54, 1.807) is 18.7 Å². The first kappa shape index (κ1) is 24.5. The molecular formula is C23H29F2N5O3S. The lowest BCUT2D eigenvalue weighted by Crippen LogP contribution is -2.38. The maximum absolute atomic E-state index is 14.1. The zero-order chi connectivity index (χ0) is 24.6. The molecule has 1 saturated carbocycles. The summed E-state index contributed by atoms with van der Waals surface area (Å²) in [4.78, 5) is 36.5. The van der Waals surface area contributed by atoms with E-state index >= 15 is 0 Å². The highest BCUT2D eigenvalue weighted by molar-refractivity contribution is 7.17. The zero-order valence-corrected chi connectivity index (χ0v) is 20.2. The average Bonchev–Trinajstić information content (AvgIpc) is 3.30. The van der Waals surface area contributed by atoms with Gasteiger partial charge in [-0.05, 0) is 52.5 Å². The van der Waals surface area contributed by atoms with Gasteiger partial charge in [0.1, 0.15) is 11.5 Å². The number of amides is 2. The van der Waals surface area contributed by atoms with Crippen LogP contribution < -0.4 is 10.6 Å². The Morgan fingerprint density at radius 3 is 2.65 bits per heavy atom. The van der Waals surface area contributed by atoms with Crippen LogP contribution in [0.5, 0.6) is 0 Å². The number of anilines is 1. The second kappa shape index (κ2) is 9.53. The molecule has 3 heterocycles. The molecule has 1 aliphatic carbocycles. The van der Waals surface area contributed by atoms with Crippen molar-refractivity contribution in [1.29, 1.82) is 0 Å². The second-order valence-corrected chi connectivity index (χ2v) is 10.6. The van der Waals surface area contributed by atoms with Crippen LogP contribution in [0.1, 0.15) is 78.7 Å². The highest BCUT2D eigenvalue weighted by Crippen LogP contribution is 2.39. The van der Waals surface area contributed by atoms with Gasteiger partial charge in [0.2, 0.25) is 0 Å². The first-order valence-corrected chi connectivity index (χ1v) is 12.2. The predicted octanol–water partition coefficient (Wildman–Crippen LogP) is 3.84. The van der Waals surface area contributed by atoms with Gasteiger partial charge in [0.25, 0.3) is 18.2 Å². The number of hydrogen-bond acceptors (Lipinski definition) is 7. The van der Waals surface area contributed by atoms with Crippen LogP contribution in [0.4, 0.5) is 14.6 Å². The van der Waals surface area contributed by atoms with Crippen LogP contribution in [-0.4, -0.2) is 62.6 Å². The molecule has 1 aliphatic heterocycles. The summed E-state index contributed by atoms with van der Waals surface area (Å²) in [5.41, 5.74) is -1.35. The number of halogens is 2. The Bertz CT molecular complexity index is 1080. The fraction of sp³-hybridized carbons (Fsp3) is 0.565. The highest BCUT2D eigenvalue weighted by Gasteiger charge is 2.33. The lowest BCUT2D eigenvalue weighted by atomic mass is 10.1. The topological polar surface area (TPSA) is 107 Å². The van der Waals surface area contributed by atoms with Crippen molar-refractivity contribution in [3.63, 3.8) is 0 Å². The fourth-order valence-corrected chi connectivity index (χ4v) is 4.85. The van der Waals surface area contributed by atoms with Gasteiger partial charge in [0.05, 0.1) is 10.5 Å². The van der Waals surface area contributed by atoms with E-state index in [0.29, 0.717) is 12.4 Å². The number of aliphatic hydroxyl groups is 1. The predicted molar refractivity (Wildman–Crippen MR) is 125 cm³/mol. The van der Waals surface area contributed by atoms with Crippen molar-refractivity contribution < 1.29 is 23.5 Å². The number of likely N-dealkylation sites (tertiary alicyclic amines) is 1. The molecule has 2 aromatic rings. The van der Waals surface area contributed by atoms with Gasteiger partial charge < -0.3 is 20.6 Å². The first-order valence-electron chi connectivity index (χ1n) is 11.4. The molecule has 4 rings (SSSR count). The zero-order valence-electron chi connectivity index (χ0n) is 19.4. The van der Waals surface area contributed by atoms with Gasteiger partial charge >= 0.3 is 0 Å². The molecule has 0 spiro atoms. The molecule has 0 aromatic carbocycles. The number of carbonyl (C=O) groups excluding carboxylic acids is 2. The van der Waals surface area contributed by atoms with E-state index in [1.165, 1.54) is 12.3 Å². The summed E-state index contributed by atoms with van der Waals surface area (Å²) in [5, 5.41) is 15.6. The Hall–Kier alpha value is -2.66. The first-order chi connectivity index (χ1) is 16.0. The summed E-state index contributed by atoms with van der Waals surface area (Å²) in [6, 6.07) is 1.54. The van der Waals surface area contributed by atoms with Gasteiger partial charge in [-0.2, -0.15) is 0 Å². The lowest BCUT2D eigenvalue weighted by molar-refractivity contribution is 0.0692. The van der Waals surface area contributed by atoms with E-state index in [2.05, 4.69) is 20.6 Å². The molecule has 184 valence electrons. The SMILES string of the molecule is C[C@H]1CCCN1C(=O)c1nc(C(=O)NCC(C)(C)O)sc1-c1cnc(NC2CC2)cc1C(F)F. The number of nitrogens with zero attached hydrogens (tertiary/aromatic N) is 3. The van der Waals surface area contributed by atoms with Crippen LogP contribution in [0.2, 0.25) is 0 Å². The number of aromatic nitrogens is 2. The van der Waals surface area contributed by atoms with Crippen molar-refractivity contribution in [3.8, 4) is 10.4 Å². The Morgan fingerprint density at radius 2 is 2.06 bits per heavy atom. The monoisotopic (exact) mass is 493 g/mol. The van der Waals surface area contributed by atoms with Crippen LogP contribution in [-0.2, 0) is 0 Å². The molecule has 11 heteroatoms. The Balaban J connectivity index is 1.74. The standard InChI is InChI=1S/C23H29F2N5O3S/c1-12-5-4-8-30(12)22(32)17-18(34-21(29-17)20(31)27-11-23(2,3)33)15-10-26-16(28-13-6-7-13)9-14(15)19(24)25/h9-10,12-13,19,33H,4-8,11H2,1-3H3,(H,26,28)(H,27,31)/t12-/m0/s1. The van der Waals surface area contributed by atoms with Gasteiger partial charge in [-0.25, -0.2) is 18.7 Å². The highest BCUT2D eigenvalue weighted by atomic mass is 32.1. The summed E-state index contributed by atoms with van der Waals surface area (Å²) in [7, 11) is 0. The Morgan fingerprint density at radius 1 is 1.32 bits per heavy atom. The molecule has 3 N–H and O–H groups in total. The molecule has 0 unspecified atom stereocenters.